The minimum atomic E-state index is -1.17. The Labute approximate surface area is 99.8 Å². The summed E-state index contributed by atoms with van der Waals surface area (Å²) < 4.78 is 10.4. The van der Waals surface area contributed by atoms with Crippen LogP contribution in [0.4, 0.5) is 0 Å². The van der Waals surface area contributed by atoms with Crippen molar-refractivity contribution in [3.63, 3.8) is 0 Å². The van der Waals surface area contributed by atoms with E-state index < -0.39 is 11.9 Å². The summed E-state index contributed by atoms with van der Waals surface area (Å²) in [5.74, 6) is -1.80. The van der Waals surface area contributed by atoms with E-state index in [1.54, 1.807) is 0 Å². The molecule has 0 bridgehead atoms. The third-order valence-corrected chi connectivity index (χ3v) is 2.42. The van der Waals surface area contributed by atoms with Crippen LogP contribution >= 0.6 is 0 Å². The van der Waals surface area contributed by atoms with Gasteiger partial charge in [-0.1, -0.05) is 6.92 Å². The Balaban J connectivity index is 2.45. The van der Waals surface area contributed by atoms with E-state index in [9.17, 15) is 9.59 Å². The highest BCUT2D eigenvalue weighted by atomic mass is 16.6. The van der Waals surface area contributed by atoms with E-state index in [4.69, 9.17) is 14.6 Å². The van der Waals surface area contributed by atoms with Crippen molar-refractivity contribution in [3.05, 3.63) is 12.2 Å². The molecule has 1 N–H and O–H groups in total. The maximum absolute atomic E-state index is 11.3. The molecule has 6 nitrogen and oxygen atoms in total. The van der Waals surface area contributed by atoms with Gasteiger partial charge in [0, 0.05) is 25.2 Å². The number of hydrogen-bond donors (Lipinski definition) is 1. The Morgan fingerprint density at radius 1 is 1.41 bits per heavy atom. The van der Waals surface area contributed by atoms with Gasteiger partial charge in [-0.05, 0) is 6.42 Å². The maximum Gasteiger partial charge on any atom is 0.332 e. The predicted octanol–water partition coefficient (Wildman–Crippen LogP) is 0.239. The molecule has 1 aliphatic rings. The Morgan fingerprint density at radius 3 is 2.59 bits per heavy atom. The number of carbonyl (C=O) groups excluding carboxylic acids is 1. The topological polar surface area (TPSA) is 76.1 Å². The lowest BCUT2D eigenvalue weighted by molar-refractivity contribution is -0.158. The van der Waals surface area contributed by atoms with Crippen LogP contribution in [0.1, 0.15) is 13.3 Å². The van der Waals surface area contributed by atoms with Crippen molar-refractivity contribution in [2.24, 2.45) is 0 Å². The molecule has 0 radical (unpaired) electrons. The molecule has 6 heteroatoms. The SMILES string of the molecule is CCC(OC(=O)C=CC(=O)O)N1CCOCC1. The van der Waals surface area contributed by atoms with Gasteiger partial charge in [-0.25, -0.2) is 9.59 Å². The van der Waals surface area contributed by atoms with Crippen LogP contribution in [0.5, 0.6) is 0 Å². The fraction of sp³-hybridized carbons (Fsp3) is 0.636. The molecular formula is C11H17NO5. The number of esters is 1. The van der Waals surface area contributed by atoms with Crippen molar-refractivity contribution in [2.45, 2.75) is 19.6 Å². The molecule has 0 aromatic rings. The number of ether oxygens (including phenoxy) is 2. The average Bonchev–Trinajstić information content (AvgIpc) is 2.34. The number of nitrogens with zero attached hydrogens (tertiary/aromatic N) is 1. The van der Waals surface area contributed by atoms with Gasteiger partial charge in [0.2, 0.25) is 0 Å². The van der Waals surface area contributed by atoms with Crippen LogP contribution in [-0.2, 0) is 19.1 Å². The summed E-state index contributed by atoms with van der Waals surface area (Å²) in [6, 6.07) is 0. The van der Waals surface area contributed by atoms with E-state index in [0.29, 0.717) is 32.7 Å². The maximum atomic E-state index is 11.3. The fourth-order valence-electron chi connectivity index (χ4n) is 1.59. The molecule has 0 spiro atoms. The van der Waals surface area contributed by atoms with Gasteiger partial charge >= 0.3 is 11.9 Å². The van der Waals surface area contributed by atoms with Crippen molar-refractivity contribution in [3.8, 4) is 0 Å². The molecule has 96 valence electrons. The number of hydrogen-bond acceptors (Lipinski definition) is 5. The smallest absolute Gasteiger partial charge is 0.332 e. The number of aliphatic carboxylic acids is 1. The number of carboxylic acids is 1. The zero-order valence-electron chi connectivity index (χ0n) is 9.80. The zero-order valence-corrected chi connectivity index (χ0v) is 9.80. The van der Waals surface area contributed by atoms with E-state index in [2.05, 4.69) is 0 Å². The Kier molecular flexibility index (Phi) is 5.65. The summed E-state index contributed by atoms with van der Waals surface area (Å²) >= 11 is 0. The Bertz CT molecular complexity index is 296. The van der Waals surface area contributed by atoms with Crippen LogP contribution < -0.4 is 0 Å². The van der Waals surface area contributed by atoms with E-state index >= 15 is 0 Å². The minimum Gasteiger partial charge on any atom is -0.478 e. The van der Waals surface area contributed by atoms with Crippen LogP contribution in [-0.4, -0.2) is 54.5 Å². The lowest BCUT2D eigenvalue weighted by Gasteiger charge is -2.32. The lowest BCUT2D eigenvalue weighted by Crippen LogP contribution is -2.45. The van der Waals surface area contributed by atoms with E-state index in [1.165, 1.54) is 0 Å². The van der Waals surface area contributed by atoms with Gasteiger partial charge in [-0.3, -0.25) is 4.90 Å². The van der Waals surface area contributed by atoms with Gasteiger partial charge in [0.05, 0.1) is 13.2 Å². The normalized spacial score (nSPS) is 19.1. The largest absolute Gasteiger partial charge is 0.478 e. The number of morpholine rings is 1. The first-order valence-corrected chi connectivity index (χ1v) is 5.57. The summed E-state index contributed by atoms with van der Waals surface area (Å²) in [4.78, 5) is 23.6. The van der Waals surface area contributed by atoms with Gasteiger partial charge in [0.25, 0.3) is 0 Å². The van der Waals surface area contributed by atoms with Gasteiger partial charge < -0.3 is 14.6 Å². The van der Waals surface area contributed by atoms with E-state index in [1.807, 2.05) is 11.8 Å². The van der Waals surface area contributed by atoms with E-state index in [-0.39, 0.29) is 6.23 Å². The molecular weight excluding hydrogens is 226 g/mol. The van der Waals surface area contributed by atoms with Gasteiger partial charge in [0.15, 0.2) is 6.23 Å². The third kappa shape index (κ3) is 4.97. The predicted molar refractivity (Wildman–Crippen MR) is 59.3 cm³/mol. The van der Waals surface area contributed by atoms with Crippen LogP contribution in [0.15, 0.2) is 12.2 Å². The Hall–Kier alpha value is -1.40. The molecule has 1 rings (SSSR count). The molecule has 1 aliphatic heterocycles. The zero-order chi connectivity index (χ0) is 12.7. The van der Waals surface area contributed by atoms with Crippen molar-refractivity contribution < 1.29 is 24.2 Å². The molecule has 17 heavy (non-hydrogen) atoms. The molecule has 1 fully saturated rings. The minimum absolute atomic E-state index is 0.315. The summed E-state index contributed by atoms with van der Waals surface area (Å²) in [6.07, 6.45) is 2.04. The van der Waals surface area contributed by atoms with Gasteiger partial charge in [-0.15, -0.1) is 0 Å². The van der Waals surface area contributed by atoms with Crippen LogP contribution in [0.3, 0.4) is 0 Å². The lowest BCUT2D eigenvalue weighted by atomic mass is 10.3. The first-order chi connectivity index (χ1) is 8.13. The van der Waals surface area contributed by atoms with Gasteiger partial charge in [-0.2, -0.15) is 0 Å². The molecule has 0 saturated carbocycles. The highest BCUT2D eigenvalue weighted by molar-refractivity contribution is 5.90. The van der Waals surface area contributed by atoms with Crippen LogP contribution in [0, 0.1) is 0 Å². The second kappa shape index (κ2) is 7.03. The van der Waals surface area contributed by atoms with Crippen LogP contribution in [0.2, 0.25) is 0 Å². The number of rotatable bonds is 5. The summed E-state index contributed by atoms with van der Waals surface area (Å²) in [7, 11) is 0. The molecule has 1 saturated heterocycles. The molecule has 1 unspecified atom stereocenters. The average molecular weight is 243 g/mol. The highest BCUT2D eigenvalue weighted by Gasteiger charge is 2.21. The fourth-order valence-corrected chi connectivity index (χ4v) is 1.59. The van der Waals surface area contributed by atoms with Crippen molar-refractivity contribution in [1.82, 2.24) is 4.90 Å². The van der Waals surface area contributed by atoms with Crippen LogP contribution in [0.25, 0.3) is 0 Å². The molecule has 1 atom stereocenters. The van der Waals surface area contributed by atoms with Crippen molar-refractivity contribution in [1.29, 1.82) is 0 Å². The monoisotopic (exact) mass is 243 g/mol. The third-order valence-electron chi connectivity index (χ3n) is 2.42. The molecule has 1 heterocycles. The second-order valence-corrected chi connectivity index (χ2v) is 3.62. The quantitative estimate of drug-likeness (QED) is 0.550. The molecule has 0 aromatic heterocycles. The van der Waals surface area contributed by atoms with E-state index in [0.717, 1.165) is 12.2 Å². The molecule has 0 aromatic carbocycles. The van der Waals surface area contributed by atoms with Gasteiger partial charge in [0.1, 0.15) is 0 Å². The first kappa shape index (κ1) is 13.7. The second-order valence-electron chi connectivity index (χ2n) is 3.62. The molecule has 0 aliphatic carbocycles. The summed E-state index contributed by atoms with van der Waals surface area (Å²) in [6.45, 7) is 4.59. The molecule has 0 amide bonds. The highest BCUT2D eigenvalue weighted by Crippen LogP contribution is 2.09. The standard InChI is InChI=1S/C11H17NO5/c1-2-9(12-5-7-16-8-6-12)17-11(15)4-3-10(13)14/h3-4,9H,2,5-8H2,1H3,(H,13,14). The van der Waals surface area contributed by atoms with Crippen molar-refractivity contribution in [2.75, 3.05) is 26.3 Å². The number of carbonyl (C=O) groups is 2. The summed E-state index contributed by atoms with van der Waals surface area (Å²) in [5.41, 5.74) is 0. The number of carboxylic acid groups (broad SMARTS) is 1. The Morgan fingerprint density at radius 2 is 2.06 bits per heavy atom. The first-order valence-electron chi connectivity index (χ1n) is 5.57. The summed E-state index contributed by atoms with van der Waals surface area (Å²) in [5, 5.41) is 8.38. The van der Waals surface area contributed by atoms with Crippen molar-refractivity contribution >= 4 is 11.9 Å².